The van der Waals surface area contributed by atoms with Crippen molar-refractivity contribution in [1.82, 2.24) is 9.88 Å². The topological polar surface area (TPSA) is 73.4 Å². The van der Waals surface area contributed by atoms with Crippen LogP contribution in [0.1, 0.15) is 54.2 Å². The molecule has 1 aromatic heterocycles. The lowest BCUT2D eigenvalue weighted by Crippen LogP contribution is -2.44. The van der Waals surface area contributed by atoms with E-state index in [1.807, 2.05) is 19.9 Å². The van der Waals surface area contributed by atoms with Crippen molar-refractivity contribution in [3.63, 3.8) is 0 Å². The molecule has 2 N–H and O–H groups in total. The fourth-order valence-corrected chi connectivity index (χ4v) is 4.51. The van der Waals surface area contributed by atoms with E-state index in [1.165, 1.54) is 0 Å². The number of nitrogens with zero attached hydrogens (tertiary/aromatic N) is 1. The summed E-state index contributed by atoms with van der Waals surface area (Å²) in [6, 6.07) is 1.83. The minimum Gasteiger partial charge on any atom is -0.390 e. The van der Waals surface area contributed by atoms with Gasteiger partial charge >= 0.3 is 0 Å². The molecule has 0 aromatic carbocycles. The maximum atomic E-state index is 12.9. The second-order valence-electron chi connectivity index (χ2n) is 7.27. The molecule has 5 heteroatoms. The third kappa shape index (κ3) is 2.71. The molecule has 5 nitrogen and oxygen atoms in total. The van der Waals surface area contributed by atoms with Crippen LogP contribution >= 0.6 is 0 Å². The second kappa shape index (κ2) is 5.78. The van der Waals surface area contributed by atoms with Gasteiger partial charge in [-0.3, -0.25) is 9.59 Å². The van der Waals surface area contributed by atoms with Gasteiger partial charge in [0.2, 0.25) is 0 Å². The van der Waals surface area contributed by atoms with Crippen molar-refractivity contribution in [1.29, 1.82) is 0 Å². The molecule has 3 rings (SSSR count). The molecule has 1 aliphatic heterocycles. The smallest absolute Gasteiger partial charge is 0.261 e. The monoisotopic (exact) mass is 318 g/mol. The number of carbonyl (C=O) groups excluding carboxylic acids is 1. The van der Waals surface area contributed by atoms with Crippen LogP contribution in [0, 0.1) is 25.7 Å². The summed E-state index contributed by atoms with van der Waals surface area (Å²) < 4.78 is 0. The number of hydrogen-bond acceptors (Lipinski definition) is 3. The van der Waals surface area contributed by atoms with Crippen LogP contribution in [0.5, 0.6) is 0 Å². The lowest BCUT2D eigenvalue weighted by atomic mass is 9.69. The molecule has 2 heterocycles. The van der Waals surface area contributed by atoms with Gasteiger partial charge in [0.15, 0.2) is 0 Å². The third-order valence-electron chi connectivity index (χ3n) is 5.79. The summed E-state index contributed by atoms with van der Waals surface area (Å²) in [5, 5.41) is 10.9. The van der Waals surface area contributed by atoms with Crippen molar-refractivity contribution < 1.29 is 9.90 Å². The number of nitrogens with one attached hydrogen (secondary N) is 1. The summed E-state index contributed by atoms with van der Waals surface area (Å²) in [7, 11) is 0. The van der Waals surface area contributed by atoms with Crippen LogP contribution in [0.2, 0.25) is 0 Å². The fraction of sp³-hybridized carbons (Fsp3) is 0.667. The number of aromatic nitrogens is 1. The van der Waals surface area contributed by atoms with Crippen molar-refractivity contribution in [3.8, 4) is 0 Å². The number of aryl methyl sites for hydroxylation is 2. The summed E-state index contributed by atoms with van der Waals surface area (Å²) >= 11 is 0. The number of likely N-dealkylation sites (tertiary alicyclic amines) is 1. The van der Waals surface area contributed by atoms with Crippen LogP contribution in [0.15, 0.2) is 10.9 Å². The maximum Gasteiger partial charge on any atom is 0.261 e. The van der Waals surface area contributed by atoms with E-state index in [0.717, 1.165) is 36.9 Å². The zero-order valence-electron chi connectivity index (χ0n) is 14.2. The average Bonchev–Trinajstić information content (AvgIpc) is 2.92. The first kappa shape index (κ1) is 16.2. The van der Waals surface area contributed by atoms with E-state index in [9.17, 15) is 14.7 Å². The molecule has 1 saturated heterocycles. The Labute approximate surface area is 136 Å². The van der Waals surface area contributed by atoms with Crippen LogP contribution in [0.3, 0.4) is 0 Å². The van der Waals surface area contributed by atoms with Gasteiger partial charge < -0.3 is 15.0 Å². The first-order valence-electron chi connectivity index (χ1n) is 8.58. The molecule has 0 radical (unpaired) electrons. The molecule has 0 unspecified atom stereocenters. The number of rotatable bonds is 2. The molecule has 1 aromatic rings. The lowest BCUT2D eigenvalue weighted by molar-refractivity contribution is -0.0609. The summed E-state index contributed by atoms with van der Waals surface area (Å²) in [6.07, 6.45) is 3.61. The average molecular weight is 318 g/mol. The SMILES string of the molecule is CC[C@@]1(O)CCC[C@@H]2CN(C(=O)c3c(C)cc(C)[nH]c3=O)C[C@@H]21. The Morgan fingerprint density at radius 2 is 2.17 bits per heavy atom. The van der Waals surface area contributed by atoms with E-state index in [-0.39, 0.29) is 22.9 Å². The first-order valence-corrected chi connectivity index (χ1v) is 8.58. The zero-order chi connectivity index (χ0) is 16.8. The molecule has 2 fully saturated rings. The number of amides is 1. The van der Waals surface area contributed by atoms with Crippen molar-refractivity contribution in [2.75, 3.05) is 13.1 Å². The molecule has 3 atom stereocenters. The van der Waals surface area contributed by atoms with Gasteiger partial charge in [-0.15, -0.1) is 0 Å². The van der Waals surface area contributed by atoms with Gasteiger partial charge in [0.1, 0.15) is 5.56 Å². The van der Waals surface area contributed by atoms with E-state index in [4.69, 9.17) is 0 Å². The number of aliphatic hydroxyl groups is 1. The number of hydrogen-bond donors (Lipinski definition) is 2. The number of carbonyl (C=O) groups is 1. The number of fused-ring (bicyclic) bond motifs is 1. The lowest BCUT2D eigenvalue weighted by Gasteiger charge is -2.40. The van der Waals surface area contributed by atoms with Gasteiger partial charge in [0.25, 0.3) is 11.5 Å². The largest absolute Gasteiger partial charge is 0.390 e. The zero-order valence-corrected chi connectivity index (χ0v) is 14.2. The highest BCUT2D eigenvalue weighted by molar-refractivity contribution is 5.95. The second-order valence-corrected chi connectivity index (χ2v) is 7.27. The van der Waals surface area contributed by atoms with Crippen molar-refractivity contribution in [2.45, 2.75) is 52.1 Å². The highest BCUT2D eigenvalue weighted by Crippen LogP contribution is 2.44. The number of H-pyrrole nitrogens is 1. The predicted octanol–water partition coefficient (Wildman–Crippen LogP) is 2.00. The predicted molar refractivity (Wildman–Crippen MR) is 88.5 cm³/mol. The van der Waals surface area contributed by atoms with Gasteiger partial charge in [-0.2, -0.15) is 0 Å². The minimum absolute atomic E-state index is 0.134. The Morgan fingerprint density at radius 1 is 1.43 bits per heavy atom. The Morgan fingerprint density at radius 3 is 2.83 bits per heavy atom. The van der Waals surface area contributed by atoms with E-state index in [2.05, 4.69) is 4.98 Å². The standard InChI is InChI=1S/C18H26N2O3/c1-4-18(23)7-5-6-13-9-20(10-14(13)18)17(22)15-11(2)8-12(3)19-16(15)21/h8,13-14,23H,4-7,9-10H2,1-3H3,(H,19,21)/t13-,14+,18-/m1/s1. The molecular weight excluding hydrogens is 292 g/mol. The number of aromatic amines is 1. The van der Waals surface area contributed by atoms with Gasteiger partial charge in [0.05, 0.1) is 5.60 Å². The van der Waals surface area contributed by atoms with E-state index >= 15 is 0 Å². The molecule has 1 saturated carbocycles. The number of pyridine rings is 1. The maximum absolute atomic E-state index is 12.9. The van der Waals surface area contributed by atoms with E-state index in [1.54, 1.807) is 11.8 Å². The highest BCUT2D eigenvalue weighted by Gasteiger charge is 2.49. The third-order valence-corrected chi connectivity index (χ3v) is 5.79. The normalized spacial score (nSPS) is 30.3. The van der Waals surface area contributed by atoms with Gasteiger partial charge in [-0.25, -0.2) is 0 Å². The molecular formula is C18H26N2O3. The Hall–Kier alpha value is -1.62. The molecule has 0 spiro atoms. The van der Waals surface area contributed by atoms with Gasteiger partial charge in [-0.05, 0) is 50.7 Å². The van der Waals surface area contributed by atoms with E-state index in [0.29, 0.717) is 19.0 Å². The fourth-order valence-electron chi connectivity index (χ4n) is 4.51. The summed E-state index contributed by atoms with van der Waals surface area (Å²) in [5.74, 6) is 0.286. The van der Waals surface area contributed by atoms with Crippen molar-refractivity contribution in [3.05, 3.63) is 33.2 Å². The van der Waals surface area contributed by atoms with Crippen molar-refractivity contribution >= 4 is 5.91 Å². The Bertz CT molecular complexity index is 681. The molecule has 1 amide bonds. The Kier molecular flexibility index (Phi) is 4.08. The summed E-state index contributed by atoms with van der Waals surface area (Å²) in [5.41, 5.74) is 0.756. The van der Waals surface area contributed by atoms with Crippen LogP contribution in [0.4, 0.5) is 0 Å². The molecule has 0 bridgehead atoms. The minimum atomic E-state index is -0.660. The molecule has 1 aliphatic carbocycles. The molecule has 2 aliphatic rings. The van der Waals surface area contributed by atoms with Crippen LogP contribution in [-0.4, -0.2) is 39.6 Å². The first-order chi connectivity index (χ1) is 10.9. The molecule has 126 valence electrons. The van der Waals surface area contributed by atoms with Crippen LogP contribution in [-0.2, 0) is 0 Å². The summed E-state index contributed by atoms with van der Waals surface area (Å²) in [4.78, 5) is 29.6. The van der Waals surface area contributed by atoms with Gasteiger partial charge in [-0.1, -0.05) is 13.3 Å². The van der Waals surface area contributed by atoms with Crippen LogP contribution in [0.25, 0.3) is 0 Å². The van der Waals surface area contributed by atoms with Crippen LogP contribution < -0.4 is 5.56 Å². The molecule has 23 heavy (non-hydrogen) atoms. The Balaban J connectivity index is 1.87. The quantitative estimate of drug-likeness (QED) is 0.876. The van der Waals surface area contributed by atoms with E-state index < -0.39 is 5.60 Å². The highest BCUT2D eigenvalue weighted by atomic mass is 16.3. The van der Waals surface area contributed by atoms with Gasteiger partial charge in [0, 0.05) is 24.7 Å². The van der Waals surface area contributed by atoms with Crippen molar-refractivity contribution in [2.24, 2.45) is 11.8 Å². The summed E-state index contributed by atoms with van der Waals surface area (Å²) in [6.45, 7) is 6.84.